The van der Waals surface area contributed by atoms with Crippen LogP contribution in [0.1, 0.15) is 25.3 Å². The molecule has 0 saturated carbocycles. The van der Waals surface area contributed by atoms with E-state index < -0.39 is 72.6 Å². The molecule has 14 nitrogen and oxygen atoms in total. The zero-order valence-electron chi connectivity index (χ0n) is 19.3. The fraction of sp³-hybridized carbons (Fsp3) is 0.364. The van der Waals surface area contributed by atoms with Crippen LogP contribution in [0.15, 0.2) is 30.5 Å². The van der Waals surface area contributed by atoms with Crippen LogP contribution in [0.2, 0.25) is 0 Å². The van der Waals surface area contributed by atoms with Gasteiger partial charge in [0.2, 0.25) is 23.6 Å². The zero-order chi connectivity index (χ0) is 27.0. The number of aliphatic carboxylic acids is 2. The van der Waals surface area contributed by atoms with Crippen LogP contribution in [0, 0.1) is 0 Å². The molecule has 0 bridgehead atoms. The molecule has 2 rings (SSSR count). The van der Waals surface area contributed by atoms with Crippen LogP contribution >= 0.6 is 0 Å². The number of aromatic nitrogens is 1. The van der Waals surface area contributed by atoms with E-state index in [1.807, 2.05) is 29.6 Å². The van der Waals surface area contributed by atoms with E-state index in [1.54, 1.807) is 6.20 Å². The highest BCUT2D eigenvalue weighted by molar-refractivity contribution is 5.96. The Hall–Kier alpha value is -4.46. The number of aromatic amines is 1. The number of fused-ring (bicyclic) bond motifs is 1. The molecule has 14 heteroatoms. The van der Waals surface area contributed by atoms with Gasteiger partial charge in [-0.15, -0.1) is 0 Å². The van der Waals surface area contributed by atoms with Crippen LogP contribution in [-0.2, 0) is 35.2 Å². The fourth-order valence-corrected chi connectivity index (χ4v) is 3.37. The molecule has 36 heavy (non-hydrogen) atoms. The van der Waals surface area contributed by atoms with Gasteiger partial charge in [0.1, 0.15) is 18.1 Å². The summed E-state index contributed by atoms with van der Waals surface area (Å²) in [5.74, 6) is -6.76. The van der Waals surface area contributed by atoms with Gasteiger partial charge in [0.25, 0.3) is 0 Å². The summed E-state index contributed by atoms with van der Waals surface area (Å²) in [7, 11) is 0. The number of hydrogen-bond acceptors (Lipinski definition) is 7. The number of carboxylic acid groups (broad SMARTS) is 2. The number of carboxylic acids is 2. The van der Waals surface area contributed by atoms with Crippen molar-refractivity contribution in [2.45, 2.75) is 50.4 Å². The van der Waals surface area contributed by atoms with Crippen LogP contribution in [0.5, 0.6) is 0 Å². The van der Waals surface area contributed by atoms with Crippen molar-refractivity contribution in [3.05, 3.63) is 36.0 Å². The van der Waals surface area contributed by atoms with Crippen LogP contribution in [0.25, 0.3) is 10.9 Å². The third kappa shape index (κ3) is 7.80. The van der Waals surface area contributed by atoms with E-state index in [4.69, 9.17) is 21.7 Å². The van der Waals surface area contributed by atoms with E-state index in [-0.39, 0.29) is 6.42 Å². The van der Waals surface area contributed by atoms with E-state index >= 15 is 0 Å². The molecule has 0 radical (unpaired) electrons. The van der Waals surface area contributed by atoms with Crippen LogP contribution in [0.3, 0.4) is 0 Å². The van der Waals surface area contributed by atoms with Crippen LogP contribution in [-0.4, -0.2) is 74.9 Å². The Morgan fingerprint density at radius 3 is 2.17 bits per heavy atom. The molecule has 1 heterocycles. The number of benzene rings is 1. The molecular formula is C22H28N6O8. The minimum absolute atomic E-state index is 0.178. The van der Waals surface area contributed by atoms with Crippen molar-refractivity contribution in [2.24, 2.45) is 11.5 Å². The number of nitrogens with two attached hydrogens (primary N) is 2. The SMILES string of the molecule is CC(NC(=O)C(N)Cc1c[nH]c2ccccc12)C(=O)NC(CC(N)=O)C(=O)NC(CC(=O)O)C(=O)O. The highest BCUT2D eigenvalue weighted by Gasteiger charge is 2.31. The molecule has 194 valence electrons. The number of hydrogen-bond donors (Lipinski definition) is 8. The molecule has 0 aliphatic heterocycles. The molecule has 10 N–H and O–H groups in total. The van der Waals surface area contributed by atoms with Gasteiger partial charge in [0, 0.05) is 17.1 Å². The maximum Gasteiger partial charge on any atom is 0.326 e. The smallest absolute Gasteiger partial charge is 0.326 e. The van der Waals surface area contributed by atoms with Crippen molar-refractivity contribution >= 4 is 46.5 Å². The lowest BCUT2D eigenvalue weighted by atomic mass is 10.0. The maximum atomic E-state index is 12.6. The second-order valence-electron chi connectivity index (χ2n) is 8.13. The molecule has 0 aliphatic carbocycles. The van der Waals surface area contributed by atoms with E-state index in [9.17, 15) is 28.8 Å². The molecule has 1 aromatic heterocycles. The van der Waals surface area contributed by atoms with Crippen molar-refractivity contribution in [1.29, 1.82) is 0 Å². The number of H-pyrrole nitrogens is 1. The molecule has 2 aromatic rings. The third-order valence-electron chi connectivity index (χ3n) is 5.24. The van der Waals surface area contributed by atoms with Crippen LogP contribution in [0.4, 0.5) is 0 Å². The molecule has 4 unspecified atom stereocenters. The Morgan fingerprint density at radius 2 is 1.56 bits per heavy atom. The lowest BCUT2D eigenvalue weighted by molar-refractivity contribution is -0.147. The first-order valence-corrected chi connectivity index (χ1v) is 10.8. The van der Waals surface area contributed by atoms with Gasteiger partial charge < -0.3 is 42.6 Å². The molecule has 1 aromatic carbocycles. The van der Waals surface area contributed by atoms with Gasteiger partial charge in [-0.05, 0) is 25.0 Å². The Balaban J connectivity index is 2.00. The minimum atomic E-state index is -1.80. The van der Waals surface area contributed by atoms with Gasteiger partial charge in [0.15, 0.2) is 0 Å². The van der Waals surface area contributed by atoms with Crippen molar-refractivity contribution < 1.29 is 39.0 Å². The largest absolute Gasteiger partial charge is 0.481 e. The summed E-state index contributed by atoms with van der Waals surface area (Å²) in [6.45, 7) is 1.31. The lowest BCUT2D eigenvalue weighted by Gasteiger charge is -2.22. The third-order valence-corrected chi connectivity index (χ3v) is 5.24. The number of carbonyl (C=O) groups is 6. The quantitative estimate of drug-likeness (QED) is 0.149. The fourth-order valence-electron chi connectivity index (χ4n) is 3.37. The standard InChI is InChI=1S/C22H28N6O8/c1-10(26-20(33)13(23)6-11-9-25-14-5-3-2-4-12(11)14)19(32)27-15(7-17(24)29)21(34)28-16(22(35)36)8-18(30)31/h2-5,9-10,13,15-16,25H,6-8,23H2,1H3,(H2,24,29)(H,26,33)(H,27,32)(H,28,34)(H,30,31)(H,35,36). The molecule has 0 saturated heterocycles. The van der Waals surface area contributed by atoms with Crippen molar-refractivity contribution in [2.75, 3.05) is 0 Å². The van der Waals surface area contributed by atoms with Gasteiger partial charge in [0.05, 0.1) is 18.9 Å². The minimum Gasteiger partial charge on any atom is -0.481 e. The summed E-state index contributed by atoms with van der Waals surface area (Å²) < 4.78 is 0. The average molecular weight is 505 g/mol. The zero-order valence-corrected chi connectivity index (χ0v) is 19.3. The summed E-state index contributed by atoms with van der Waals surface area (Å²) >= 11 is 0. The van der Waals surface area contributed by atoms with Gasteiger partial charge in [-0.3, -0.25) is 24.0 Å². The second-order valence-corrected chi connectivity index (χ2v) is 8.13. The number of carbonyl (C=O) groups excluding carboxylic acids is 4. The van der Waals surface area contributed by atoms with Gasteiger partial charge in [-0.2, -0.15) is 0 Å². The van der Waals surface area contributed by atoms with E-state index in [0.29, 0.717) is 0 Å². The number of para-hydroxylation sites is 1. The normalized spacial score (nSPS) is 14.2. The topological polar surface area (TPSA) is 247 Å². The van der Waals surface area contributed by atoms with E-state index in [1.165, 1.54) is 6.92 Å². The second kappa shape index (κ2) is 12.3. The summed E-state index contributed by atoms with van der Waals surface area (Å²) in [6, 6.07) is 1.84. The Labute approximate surface area is 204 Å². The van der Waals surface area contributed by atoms with E-state index in [0.717, 1.165) is 16.5 Å². The van der Waals surface area contributed by atoms with Gasteiger partial charge in [-0.1, -0.05) is 18.2 Å². The molecule has 4 amide bonds. The first kappa shape index (κ1) is 27.8. The summed E-state index contributed by atoms with van der Waals surface area (Å²) in [5, 5.41) is 25.4. The number of amides is 4. The highest BCUT2D eigenvalue weighted by atomic mass is 16.4. The number of rotatable bonds is 13. The van der Waals surface area contributed by atoms with Crippen molar-refractivity contribution in [1.82, 2.24) is 20.9 Å². The lowest BCUT2D eigenvalue weighted by Crippen LogP contribution is -2.57. The van der Waals surface area contributed by atoms with Crippen molar-refractivity contribution in [3.8, 4) is 0 Å². The predicted molar refractivity (Wildman–Crippen MR) is 125 cm³/mol. The Bertz CT molecular complexity index is 1160. The van der Waals surface area contributed by atoms with Crippen LogP contribution < -0.4 is 27.4 Å². The summed E-state index contributed by atoms with van der Waals surface area (Å²) in [5.41, 5.74) is 12.8. The Morgan fingerprint density at radius 1 is 0.917 bits per heavy atom. The summed E-state index contributed by atoms with van der Waals surface area (Å²) in [6.07, 6.45) is 0.281. The summed E-state index contributed by atoms with van der Waals surface area (Å²) in [4.78, 5) is 74.0. The maximum absolute atomic E-state index is 12.6. The Kier molecular flexibility index (Phi) is 9.50. The van der Waals surface area contributed by atoms with Crippen molar-refractivity contribution in [3.63, 3.8) is 0 Å². The molecule has 0 spiro atoms. The van der Waals surface area contributed by atoms with Gasteiger partial charge in [-0.25, -0.2) is 4.79 Å². The highest BCUT2D eigenvalue weighted by Crippen LogP contribution is 2.18. The monoisotopic (exact) mass is 504 g/mol. The molecule has 0 aliphatic rings. The predicted octanol–water partition coefficient (Wildman–Crippen LogP) is -2.05. The number of nitrogens with one attached hydrogen (secondary N) is 4. The molecule has 4 atom stereocenters. The van der Waals surface area contributed by atoms with Gasteiger partial charge >= 0.3 is 11.9 Å². The number of primary amides is 1. The molecule has 0 fully saturated rings. The average Bonchev–Trinajstić information content (AvgIpc) is 3.20. The first-order valence-electron chi connectivity index (χ1n) is 10.8. The molecular weight excluding hydrogens is 476 g/mol. The van der Waals surface area contributed by atoms with E-state index in [2.05, 4.69) is 15.6 Å². The first-order chi connectivity index (χ1) is 16.9.